The molecule has 138 valence electrons. The zero-order valence-electron chi connectivity index (χ0n) is 14.0. The summed E-state index contributed by atoms with van der Waals surface area (Å²) < 4.78 is 19.5. The standard InChI is InChI=1S/C19H13BrFNO4S/c1-26-15-7-4-11(8-14(15)21)17(23)22-18-16(19(24)25)13(9-27-18)10-2-5-12(20)6-3-10/h2-9H,1H3,(H,22,23)(H,24,25). The molecule has 0 radical (unpaired) electrons. The summed E-state index contributed by atoms with van der Waals surface area (Å²) in [6.07, 6.45) is 0. The number of halogens is 2. The molecule has 1 aromatic heterocycles. The number of aromatic carboxylic acids is 1. The second kappa shape index (κ2) is 7.89. The number of hydrogen-bond acceptors (Lipinski definition) is 4. The molecule has 5 nitrogen and oxygen atoms in total. The number of amides is 1. The molecular formula is C19H13BrFNO4S. The minimum atomic E-state index is -1.16. The van der Waals surface area contributed by atoms with Crippen LogP contribution in [0.4, 0.5) is 9.39 Å². The van der Waals surface area contributed by atoms with Crippen molar-refractivity contribution in [3.63, 3.8) is 0 Å². The fourth-order valence-corrected chi connectivity index (χ4v) is 3.71. The molecule has 0 spiro atoms. The van der Waals surface area contributed by atoms with Gasteiger partial charge in [-0.25, -0.2) is 9.18 Å². The maximum atomic E-state index is 13.8. The highest BCUT2D eigenvalue weighted by molar-refractivity contribution is 9.10. The van der Waals surface area contributed by atoms with E-state index in [9.17, 15) is 19.1 Å². The fraction of sp³-hybridized carbons (Fsp3) is 0.0526. The van der Waals surface area contributed by atoms with Crippen molar-refractivity contribution < 1.29 is 23.8 Å². The summed E-state index contributed by atoms with van der Waals surface area (Å²) in [6.45, 7) is 0. The average Bonchev–Trinajstić information content (AvgIpc) is 3.06. The van der Waals surface area contributed by atoms with E-state index in [0.717, 1.165) is 21.9 Å². The second-order valence-corrected chi connectivity index (χ2v) is 7.26. The largest absolute Gasteiger partial charge is 0.494 e. The van der Waals surface area contributed by atoms with Crippen LogP contribution in [-0.4, -0.2) is 24.1 Å². The molecule has 0 saturated carbocycles. The van der Waals surface area contributed by atoms with Crippen LogP contribution in [0.1, 0.15) is 20.7 Å². The number of methoxy groups -OCH3 is 1. The average molecular weight is 450 g/mol. The summed E-state index contributed by atoms with van der Waals surface area (Å²) in [4.78, 5) is 24.2. The number of carbonyl (C=O) groups is 2. The third-order valence-electron chi connectivity index (χ3n) is 3.80. The lowest BCUT2D eigenvalue weighted by atomic mass is 10.0. The molecule has 2 aromatic carbocycles. The Morgan fingerprint density at radius 1 is 1.19 bits per heavy atom. The van der Waals surface area contributed by atoms with Gasteiger partial charge in [-0.1, -0.05) is 28.1 Å². The number of carbonyl (C=O) groups excluding carboxylic acids is 1. The van der Waals surface area contributed by atoms with Crippen molar-refractivity contribution in [2.24, 2.45) is 0 Å². The highest BCUT2D eigenvalue weighted by atomic mass is 79.9. The third kappa shape index (κ3) is 4.01. The molecule has 2 N–H and O–H groups in total. The van der Waals surface area contributed by atoms with Gasteiger partial charge in [0.15, 0.2) is 11.6 Å². The molecule has 0 saturated heterocycles. The zero-order chi connectivity index (χ0) is 19.6. The maximum Gasteiger partial charge on any atom is 0.339 e. The minimum Gasteiger partial charge on any atom is -0.494 e. The highest BCUT2D eigenvalue weighted by Gasteiger charge is 2.22. The van der Waals surface area contributed by atoms with Gasteiger partial charge in [0.05, 0.1) is 7.11 Å². The first kappa shape index (κ1) is 19.1. The number of rotatable bonds is 5. The number of benzene rings is 2. The molecule has 0 aliphatic rings. The lowest BCUT2D eigenvalue weighted by Crippen LogP contribution is -2.14. The van der Waals surface area contributed by atoms with Crippen LogP contribution in [0.5, 0.6) is 5.75 Å². The summed E-state index contributed by atoms with van der Waals surface area (Å²) in [5, 5.41) is 14.0. The second-order valence-electron chi connectivity index (χ2n) is 5.47. The van der Waals surface area contributed by atoms with Gasteiger partial charge in [-0.2, -0.15) is 0 Å². The Balaban J connectivity index is 1.93. The first-order valence-corrected chi connectivity index (χ1v) is 9.33. The third-order valence-corrected chi connectivity index (χ3v) is 5.23. The van der Waals surface area contributed by atoms with Crippen LogP contribution in [0.15, 0.2) is 52.3 Å². The van der Waals surface area contributed by atoms with Crippen molar-refractivity contribution in [1.29, 1.82) is 0 Å². The van der Waals surface area contributed by atoms with Crippen molar-refractivity contribution in [2.75, 3.05) is 12.4 Å². The van der Waals surface area contributed by atoms with Gasteiger partial charge in [0.1, 0.15) is 10.6 Å². The minimum absolute atomic E-state index is 0.00958. The van der Waals surface area contributed by atoms with E-state index < -0.39 is 17.7 Å². The van der Waals surface area contributed by atoms with Crippen molar-refractivity contribution in [3.8, 4) is 16.9 Å². The van der Waals surface area contributed by atoms with Crippen LogP contribution < -0.4 is 10.1 Å². The molecule has 3 aromatic rings. The molecular weight excluding hydrogens is 437 g/mol. The van der Waals surface area contributed by atoms with Gasteiger partial charge in [0, 0.05) is 21.0 Å². The van der Waals surface area contributed by atoms with Crippen LogP contribution in [0, 0.1) is 5.82 Å². The number of carboxylic acid groups (broad SMARTS) is 1. The van der Waals surface area contributed by atoms with E-state index in [1.807, 2.05) is 0 Å². The monoisotopic (exact) mass is 449 g/mol. The molecule has 0 fully saturated rings. The van der Waals surface area contributed by atoms with Gasteiger partial charge >= 0.3 is 5.97 Å². The van der Waals surface area contributed by atoms with E-state index in [4.69, 9.17) is 4.74 Å². The van der Waals surface area contributed by atoms with Gasteiger partial charge < -0.3 is 15.2 Å². The van der Waals surface area contributed by atoms with Gasteiger partial charge in [0.2, 0.25) is 0 Å². The molecule has 27 heavy (non-hydrogen) atoms. The van der Waals surface area contributed by atoms with E-state index in [0.29, 0.717) is 11.1 Å². The predicted octanol–water partition coefficient (Wildman–Crippen LogP) is 5.28. The highest BCUT2D eigenvalue weighted by Crippen LogP contribution is 2.36. The van der Waals surface area contributed by atoms with E-state index >= 15 is 0 Å². The zero-order valence-corrected chi connectivity index (χ0v) is 16.4. The first-order valence-electron chi connectivity index (χ1n) is 7.66. The summed E-state index contributed by atoms with van der Waals surface area (Å²) in [5.74, 6) is -2.43. The normalized spacial score (nSPS) is 10.5. The SMILES string of the molecule is COc1ccc(C(=O)Nc2scc(-c3ccc(Br)cc3)c2C(=O)O)cc1F. The van der Waals surface area contributed by atoms with Gasteiger partial charge in [-0.05, 0) is 35.9 Å². The summed E-state index contributed by atoms with van der Waals surface area (Å²) in [5.41, 5.74) is 1.26. The molecule has 1 amide bonds. The summed E-state index contributed by atoms with van der Waals surface area (Å²) in [6, 6.07) is 10.9. The van der Waals surface area contributed by atoms with Crippen LogP contribution in [0.25, 0.3) is 11.1 Å². The lowest BCUT2D eigenvalue weighted by Gasteiger charge is -2.07. The van der Waals surface area contributed by atoms with Crippen molar-refractivity contribution >= 4 is 44.1 Å². The maximum absolute atomic E-state index is 13.8. The molecule has 0 aliphatic heterocycles. The Labute approximate surface area is 166 Å². The molecule has 3 rings (SSSR count). The molecule has 0 atom stereocenters. The Kier molecular flexibility index (Phi) is 5.57. The van der Waals surface area contributed by atoms with Crippen LogP contribution in [0.2, 0.25) is 0 Å². The van der Waals surface area contributed by atoms with Crippen LogP contribution in [-0.2, 0) is 0 Å². The van der Waals surface area contributed by atoms with Crippen molar-refractivity contribution in [3.05, 3.63) is 69.3 Å². The van der Waals surface area contributed by atoms with Crippen LogP contribution in [0.3, 0.4) is 0 Å². The first-order chi connectivity index (χ1) is 12.9. The summed E-state index contributed by atoms with van der Waals surface area (Å²) in [7, 11) is 1.33. The number of hydrogen-bond donors (Lipinski definition) is 2. The Bertz CT molecular complexity index is 1020. The molecule has 0 unspecified atom stereocenters. The number of anilines is 1. The lowest BCUT2D eigenvalue weighted by molar-refractivity contribution is 0.0699. The molecule has 0 bridgehead atoms. The Hall–Kier alpha value is -2.71. The number of nitrogens with one attached hydrogen (secondary N) is 1. The Morgan fingerprint density at radius 3 is 2.48 bits per heavy atom. The van der Waals surface area contributed by atoms with Crippen molar-refractivity contribution in [1.82, 2.24) is 0 Å². The van der Waals surface area contributed by atoms with Crippen LogP contribution >= 0.6 is 27.3 Å². The molecule has 0 aliphatic carbocycles. The predicted molar refractivity (Wildman–Crippen MR) is 105 cm³/mol. The van der Waals surface area contributed by atoms with Gasteiger partial charge in [-0.15, -0.1) is 11.3 Å². The van der Waals surface area contributed by atoms with Crippen molar-refractivity contribution in [2.45, 2.75) is 0 Å². The van der Waals surface area contributed by atoms with E-state index in [2.05, 4.69) is 21.2 Å². The fourth-order valence-electron chi connectivity index (χ4n) is 2.49. The van der Waals surface area contributed by atoms with E-state index in [-0.39, 0.29) is 21.9 Å². The molecule has 1 heterocycles. The molecule has 8 heteroatoms. The number of ether oxygens (including phenoxy) is 1. The van der Waals surface area contributed by atoms with Gasteiger partial charge in [0.25, 0.3) is 5.91 Å². The smallest absolute Gasteiger partial charge is 0.339 e. The quantitative estimate of drug-likeness (QED) is 0.555. The summed E-state index contributed by atoms with van der Waals surface area (Å²) >= 11 is 4.43. The van der Waals surface area contributed by atoms with Gasteiger partial charge in [-0.3, -0.25) is 4.79 Å². The number of thiophene rings is 1. The Morgan fingerprint density at radius 2 is 1.89 bits per heavy atom. The van der Waals surface area contributed by atoms with E-state index in [1.54, 1.807) is 29.6 Å². The number of carboxylic acids is 1. The topological polar surface area (TPSA) is 75.6 Å². The van der Waals surface area contributed by atoms with E-state index in [1.165, 1.54) is 19.2 Å².